The van der Waals surface area contributed by atoms with Crippen molar-refractivity contribution in [1.29, 1.82) is 0 Å². The number of benzene rings is 1. The molecule has 0 aliphatic rings. The Bertz CT molecular complexity index is 676. The topological polar surface area (TPSA) is 67.8 Å². The van der Waals surface area contributed by atoms with Gasteiger partial charge in [0.25, 0.3) is 5.91 Å². The van der Waals surface area contributed by atoms with Crippen LogP contribution in [0.15, 0.2) is 27.1 Å². The quantitative estimate of drug-likeness (QED) is 0.828. The highest BCUT2D eigenvalue weighted by Crippen LogP contribution is 2.22. The van der Waals surface area contributed by atoms with E-state index in [1.54, 1.807) is 12.1 Å². The summed E-state index contributed by atoms with van der Waals surface area (Å²) in [6.07, 6.45) is 1.52. The van der Waals surface area contributed by atoms with Gasteiger partial charge >= 0.3 is 0 Å². The number of hydrogen-bond acceptors (Lipinski definition) is 4. The molecule has 21 heavy (non-hydrogen) atoms. The molecule has 1 aromatic carbocycles. The summed E-state index contributed by atoms with van der Waals surface area (Å²) in [4.78, 5) is 16.6. The molecule has 0 atom stereocenters. The van der Waals surface area contributed by atoms with Crippen molar-refractivity contribution in [3.63, 3.8) is 0 Å². The van der Waals surface area contributed by atoms with E-state index in [9.17, 15) is 4.79 Å². The summed E-state index contributed by atoms with van der Waals surface area (Å²) in [5.74, 6) is -0.0581. The van der Waals surface area contributed by atoms with Gasteiger partial charge in [-0.1, -0.05) is 29.8 Å². The Morgan fingerprint density at radius 1 is 1.14 bits per heavy atom. The summed E-state index contributed by atoms with van der Waals surface area (Å²) in [5, 5.41) is 10.7. The highest BCUT2D eigenvalue weighted by Gasteiger charge is 2.13. The molecule has 0 aliphatic heterocycles. The maximum atomic E-state index is 12.3. The van der Waals surface area contributed by atoms with Gasteiger partial charge < -0.3 is 0 Å². The third-order valence-electron chi connectivity index (χ3n) is 2.91. The van der Waals surface area contributed by atoms with Gasteiger partial charge in [0.15, 0.2) is 0 Å². The molecule has 0 saturated heterocycles. The minimum Gasteiger partial charge on any atom is -0.289 e. The second kappa shape index (κ2) is 7.09. The minimum absolute atomic E-state index is 0.223. The SMILES string of the molecule is CCc1nnc(NC(=O)c2cc(Br)ccc2Br)nc1CC. The maximum absolute atomic E-state index is 12.3. The summed E-state index contributed by atoms with van der Waals surface area (Å²) >= 11 is 6.70. The van der Waals surface area contributed by atoms with Crippen molar-refractivity contribution in [1.82, 2.24) is 15.2 Å². The number of aromatic nitrogens is 3. The molecule has 0 radical (unpaired) electrons. The summed E-state index contributed by atoms with van der Waals surface area (Å²) in [6, 6.07) is 5.38. The summed E-state index contributed by atoms with van der Waals surface area (Å²) in [6.45, 7) is 4.00. The van der Waals surface area contributed by atoms with Gasteiger partial charge in [0.2, 0.25) is 5.95 Å². The molecular weight excluding hydrogens is 400 g/mol. The number of carbonyl (C=O) groups excluding carboxylic acids is 1. The van der Waals surface area contributed by atoms with Gasteiger partial charge in [-0.3, -0.25) is 10.1 Å². The Hall–Kier alpha value is -1.34. The zero-order chi connectivity index (χ0) is 15.4. The van der Waals surface area contributed by atoms with E-state index < -0.39 is 0 Å². The molecule has 5 nitrogen and oxygen atoms in total. The van der Waals surface area contributed by atoms with Gasteiger partial charge in [-0.25, -0.2) is 4.98 Å². The first-order valence-electron chi connectivity index (χ1n) is 6.54. The lowest BCUT2D eigenvalue weighted by atomic mass is 10.2. The zero-order valence-electron chi connectivity index (χ0n) is 11.7. The van der Waals surface area contributed by atoms with E-state index in [2.05, 4.69) is 52.4 Å². The molecule has 2 rings (SSSR count). The Kier molecular flexibility index (Phi) is 5.41. The van der Waals surface area contributed by atoms with Crippen LogP contribution in [0.5, 0.6) is 0 Å². The van der Waals surface area contributed by atoms with Gasteiger partial charge in [-0.15, -0.1) is 10.2 Å². The molecule has 0 bridgehead atoms. The molecule has 1 aromatic heterocycles. The third kappa shape index (κ3) is 3.85. The predicted molar refractivity (Wildman–Crippen MR) is 88.4 cm³/mol. The number of halogens is 2. The van der Waals surface area contributed by atoms with Crippen LogP contribution in [0, 0.1) is 0 Å². The van der Waals surface area contributed by atoms with Crippen LogP contribution < -0.4 is 5.32 Å². The van der Waals surface area contributed by atoms with E-state index in [4.69, 9.17) is 0 Å². The van der Waals surface area contributed by atoms with Crippen LogP contribution in [-0.4, -0.2) is 21.1 Å². The van der Waals surface area contributed by atoms with Gasteiger partial charge in [-0.05, 0) is 47.0 Å². The van der Waals surface area contributed by atoms with Crippen LogP contribution in [0.2, 0.25) is 0 Å². The number of nitrogens with one attached hydrogen (secondary N) is 1. The smallest absolute Gasteiger partial charge is 0.259 e. The molecule has 1 heterocycles. The van der Waals surface area contributed by atoms with Crippen LogP contribution in [-0.2, 0) is 12.8 Å². The van der Waals surface area contributed by atoms with Crippen LogP contribution in [0.1, 0.15) is 35.6 Å². The van der Waals surface area contributed by atoms with E-state index in [1.807, 2.05) is 19.9 Å². The van der Waals surface area contributed by atoms with E-state index in [1.165, 1.54) is 0 Å². The van der Waals surface area contributed by atoms with Crippen molar-refractivity contribution in [3.8, 4) is 0 Å². The predicted octanol–water partition coefficient (Wildman–Crippen LogP) is 3.77. The van der Waals surface area contributed by atoms with E-state index in [-0.39, 0.29) is 11.9 Å². The number of nitrogens with zero attached hydrogens (tertiary/aromatic N) is 3. The number of amides is 1. The molecule has 2 aromatic rings. The van der Waals surface area contributed by atoms with E-state index in [0.717, 1.165) is 28.7 Å². The fourth-order valence-corrected chi connectivity index (χ4v) is 2.62. The van der Waals surface area contributed by atoms with Crippen LogP contribution in [0.25, 0.3) is 0 Å². The van der Waals surface area contributed by atoms with Crippen molar-refractivity contribution >= 4 is 43.7 Å². The average Bonchev–Trinajstić information content (AvgIpc) is 2.49. The summed E-state index contributed by atoms with van der Waals surface area (Å²) < 4.78 is 1.53. The van der Waals surface area contributed by atoms with Crippen molar-refractivity contribution in [2.24, 2.45) is 0 Å². The number of aryl methyl sites for hydroxylation is 2. The highest BCUT2D eigenvalue weighted by atomic mass is 79.9. The fourth-order valence-electron chi connectivity index (χ4n) is 1.83. The van der Waals surface area contributed by atoms with Gasteiger partial charge in [0.05, 0.1) is 17.0 Å². The number of hydrogen-bond donors (Lipinski definition) is 1. The third-order valence-corrected chi connectivity index (χ3v) is 4.09. The normalized spacial score (nSPS) is 10.5. The van der Waals surface area contributed by atoms with Gasteiger partial charge in [-0.2, -0.15) is 0 Å². The van der Waals surface area contributed by atoms with Crippen LogP contribution in [0.4, 0.5) is 5.95 Å². The van der Waals surface area contributed by atoms with Crippen molar-refractivity contribution in [3.05, 3.63) is 44.1 Å². The fraction of sp³-hybridized carbons (Fsp3) is 0.286. The zero-order valence-corrected chi connectivity index (χ0v) is 14.8. The van der Waals surface area contributed by atoms with E-state index >= 15 is 0 Å². The molecule has 0 saturated carbocycles. The van der Waals surface area contributed by atoms with Gasteiger partial charge in [0, 0.05) is 8.95 Å². The molecule has 7 heteroatoms. The molecule has 110 valence electrons. The Labute approximate surface area is 139 Å². The lowest BCUT2D eigenvalue weighted by Gasteiger charge is -2.08. The number of rotatable bonds is 4. The second-order valence-electron chi connectivity index (χ2n) is 4.31. The standard InChI is InChI=1S/C14H14Br2N4O/c1-3-11-12(4-2)19-20-14(17-11)18-13(21)9-7-8(15)5-6-10(9)16/h5-7H,3-4H2,1-2H3,(H,17,18,20,21). The molecule has 0 fully saturated rings. The molecular formula is C14H14Br2N4O. The average molecular weight is 414 g/mol. The monoisotopic (exact) mass is 412 g/mol. The largest absolute Gasteiger partial charge is 0.289 e. The number of carbonyl (C=O) groups is 1. The Morgan fingerprint density at radius 2 is 1.86 bits per heavy atom. The Morgan fingerprint density at radius 3 is 2.52 bits per heavy atom. The molecule has 0 aliphatic carbocycles. The van der Waals surface area contributed by atoms with Crippen molar-refractivity contribution in [2.45, 2.75) is 26.7 Å². The first-order chi connectivity index (χ1) is 10.0. The number of anilines is 1. The summed E-state index contributed by atoms with van der Waals surface area (Å²) in [7, 11) is 0. The van der Waals surface area contributed by atoms with E-state index in [0.29, 0.717) is 10.0 Å². The second-order valence-corrected chi connectivity index (χ2v) is 6.08. The van der Waals surface area contributed by atoms with Crippen LogP contribution in [0.3, 0.4) is 0 Å². The van der Waals surface area contributed by atoms with Crippen molar-refractivity contribution in [2.75, 3.05) is 5.32 Å². The highest BCUT2D eigenvalue weighted by molar-refractivity contribution is 9.11. The van der Waals surface area contributed by atoms with Crippen molar-refractivity contribution < 1.29 is 4.79 Å². The minimum atomic E-state index is -0.281. The maximum Gasteiger partial charge on any atom is 0.259 e. The van der Waals surface area contributed by atoms with Gasteiger partial charge in [0.1, 0.15) is 0 Å². The molecule has 0 spiro atoms. The molecule has 1 amide bonds. The lowest BCUT2D eigenvalue weighted by molar-refractivity contribution is 0.102. The summed E-state index contributed by atoms with van der Waals surface area (Å²) in [5.41, 5.74) is 2.22. The lowest BCUT2D eigenvalue weighted by Crippen LogP contribution is -2.17. The first-order valence-corrected chi connectivity index (χ1v) is 8.12. The molecule has 0 unspecified atom stereocenters. The van der Waals surface area contributed by atoms with Crippen LogP contribution >= 0.6 is 31.9 Å². The first kappa shape index (κ1) is 16.0. The molecule has 1 N–H and O–H groups in total. The Balaban J connectivity index is 2.25.